The van der Waals surface area contributed by atoms with Crippen molar-refractivity contribution in [3.8, 4) is 0 Å². The van der Waals surface area contributed by atoms with Gasteiger partial charge in [0.2, 0.25) is 5.91 Å². The van der Waals surface area contributed by atoms with E-state index in [2.05, 4.69) is 9.97 Å². The molecule has 0 fully saturated rings. The van der Waals surface area contributed by atoms with E-state index >= 15 is 0 Å². The van der Waals surface area contributed by atoms with Gasteiger partial charge in [-0.05, 0) is 25.5 Å². The van der Waals surface area contributed by atoms with E-state index in [-0.39, 0.29) is 18.0 Å². The molecule has 0 saturated carbocycles. The molecule has 1 heterocycles. The van der Waals surface area contributed by atoms with Crippen molar-refractivity contribution in [2.75, 3.05) is 7.05 Å². The number of aromatic nitrogens is 2. The lowest BCUT2D eigenvalue weighted by atomic mass is 10.2. The van der Waals surface area contributed by atoms with E-state index in [1.165, 1.54) is 0 Å². The molecule has 0 aliphatic heterocycles. The minimum atomic E-state index is -0.183. The first-order chi connectivity index (χ1) is 10.0. The fourth-order valence-corrected chi connectivity index (χ4v) is 2.20. The predicted octanol–water partition coefficient (Wildman–Crippen LogP) is 2.24. The summed E-state index contributed by atoms with van der Waals surface area (Å²) in [6.45, 7) is 4.05. The van der Waals surface area contributed by atoms with Crippen LogP contribution in [0.5, 0.6) is 0 Å². The molecule has 1 N–H and O–H groups in total. The molecule has 1 amide bonds. The number of hydrogen-bond acceptors (Lipinski definition) is 3. The van der Waals surface area contributed by atoms with Gasteiger partial charge in [0.25, 0.3) is 5.56 Å². The highest BCUT2D eigenvalue weighted by Crippen LogP contribution is 2.08. The van der Waals surface area contributed by atoms with Gasteiger partial charge in [-0.25, -0.2) is 4.98 Å². The number of fused-ring (bicyclic) bond motifs is 1. The Morgan fingerprint density at radius 1 is 1.38 bits per heavy atom. The summed E-state index contributed by atoms with van der Waals surface area (Å²) in [6, 6.07) is 7.15. The van der Waals surface area contributed by atoms with Crippen LogP contribution >= 0.6 is 0 Å². The summed E-state index contributed by atoms with van der Waals surface area (Å²) in [7, 11) is 1.70. The highest BCUT2D eigenvalue weighted by molar-refractivity contribution is 5.92. The number of benzene rings is 1. The van der Waals surface area contributed by atoms with Gasteiger partial charge in [0.15, 0.2) is 0 Å². The third-order valence-electron chi connectivity index (χ3n) is 3.24. The number of carbonyl (C=O) groups is 1. The fraction of sp³-hybridized carbons (Fsp3) is 0.312. The van der Waals surface area contributed by atoms with Crippen LogP contribution in [0.3, 0.4) is 0 Å². The number of H-pyrrole nitrogens is 1. The molecule has 2 rings (SSSR count). The van der Waals surface area contributed by atoms with Crippen LogP contribution in [-0.4, -0.2) is 27.8 Å². The fourth-order valence-electron chi connectivity index (χ4n) is 2.20. The molecule has 5 heteroatoms. The Hall–Kier alpha value is -2.43. The zero-order chi connectivity index (χ0) is 15.4. The SMILES string of the molecule is CC/C=C(/C)C(=O)N(C)Cc1nc2ccccc2c(=O)[nH]1. The first-order valence-corrected chi connectivity index (χ1v) is 6.93. The van der Waals surface area contributed by atoms with Gasteiger partial charge in [-0.3, -0.25) is 9.59 Å². The molecule has 5 nitrogen and oxygen atoms in total. The van der Waals surface area contributed by atoms with Crippen LogP contribution in [0, 0.1) is 0 Å². The summed E-state index contributed by atoms with van der Waals surface area (Å²) in [6.07, 6.45) is 2.70. The summed E-state index contributed by atoms with van der Waals surface area (Å²) in [4.78, 5) is 32.8. The molecule has 0 aliphatic carbocycles. The van der Waals surface area contributed by atoms with Gasteiger partial charge in [0, 0.05) is 12.6 Å². The van der Waals surface area contributed by atoms with Gasteiger partial charge in [0.05, 0.1) is 17.4 Å². The Kier molecular flexibility index (Phi) is 4.52. The molecule has 0 aliphatic rings. The van der Waals surface area contributed by atoms with Crippen molar-refractivity contribution < 1.29 is 4.79 Å². The monoisotopic (exact) mass is 285 g/mol. The minimum Gasteiger partial charge on any atom is -0.335 e. The van der Waals surface area contributed by atoms with Crippen molar-refractivity contribution >= 4 is 16.8 Å². The lowest BCUT2D eigenvalue weighted by molar-refractivity contribution is -0.126. The number of amides is 1. The number of nitrogens with one attached hydrogen (secondary N) is 1. The number of nitrogens with zero attached hydrogens (tertiary/aromatic N) is 2. The number of hydrogen-bond donors (Lipinski definition) is 1. The second-order valence-electron chi connectivity index (χ2n) is 4.99. The maximum atomic E-state index is 12.1. The van der Waals surface area contributed by atoms with E-state index in [9.17, 15) is 9.59 Å². The first-order valence-electron chi connectivity index (χ1n) is 6.93. The van der Waals surface area contributed by atoms with Crippen molar-refractivity contribution in [3.05, 3.63) is 52.1 Å². The molecule has 0 atom stereocenters. The zero-order valence-corrected chi connectivity index (χ0v) is 12.5. The van der Waals surface area contributed by atoms with Crippen molar-refractivity contribution in [1.29, 1.82) is 0 Å². The van der Waals surface area contributed by atoms with Crippen LogP contribution in [0.1, 0.15) is 26.1 Å². The van der Waals surface area contributed by atoms with Crippen LogP contribution in [0.2, 0.25) is 0 Å². The van der Waals surface area contributed by atoms with Gasteiger partial charge >= 0.3 is 0 Å². The normalized spacial score (nSPS) is 11.7. The third kappa shape index (κ3) is 3.37. The third-order valence-corrected chi connectivity index (χ3v) is 3.24. The van der Waals surface area contributed by atoms with E-state index in [1.807, 2.05) is 19.1 Å². The van der Waals surface area contributed by atoms with Crippen molar-refractivity contribution in [1.82, 2.24) is 14.9 Å². The van der Waals surface area contributed by atoms with Gasteiger partial charge < -0.3 is 9.88 Å². The van der Waals surface area contributed by atoms with E-state index < -0.39 is 0 Å². The molecule has 0 radical (unpaired) electrons. The quantitative estimate of drug-likeness (QED) is 0.876. The predicted molar refractivity (Wildman–Crippen MR) is 82.9 cm³/mol. The molecule has 0 saturated heterocycles. The van der Waals surface area contributed by atoms with Crippen molar-refractivity contribution in [2.24, 2.45) is 0 Å². The second kappa shape index (κ2) is 6.35. The lowest BCUT2D eigenvalue weighted by Gasteiger charge is -2.17. The number of aromatic amines is 1. The smallest absolute Gasteiger partial charge is 0.258 e. The summed E-state index contributed by atoms with van der Waals surface area (Å²) in [5, 5.41) is 0.553. The average molecular weight is 285 g/mol. The van der Waals surface area contributed by atoms with Gasteiger partial charge in [-0.2, -0.15) is 0 Å². The molecule has 0 bridgehead atoms. The van der Waals surface area contributed by atoms with E-state index in [1.54, 1.807) is 37.1 Å². The van der Waals surface area contributed by atoms with E-state index in [4.69, 9.17) is 0 Å². The maximum absolute atomic E-state index is 12.1. The van der Waals surface area contributed by atoms with Crippen LogP contribution in [0.25, 0.3) is 10.9 Å². The Morgan fingerprint density at radius 3 is 2.81 bits per heavy atom. The zero-order valence-electron chi connectivity index (χ0n) is 12.5. The highest BCUT2D eigenvalue weighted by Gasteiger charge is 2.12. The van der Waals surface area contributed by atoms with E-state index in [0.717, 1.165) is 6.42 Å². The Morgan fingerprint density at radius 2 is 2.10 bits per heavy atom. The van der Waals surface area contributed by atoms with Crippen LogP contribution < -0.4 is 5.56 Å². The molecule has 1 aromatic carbocycles. The number of likely N-dealkylation sites (N-methyl/N-ethyl adjacent to an activating group) is 1. The first kappa shape index (κ1) is 15.0. The summed E-state index contributed by atoms with van der Waals surface area (Å²) in [5.41, 5.74) is 1.15. The Bertz CT molecular complexity index is 747. The standard InChI is InChI=1S/C16H19N3O2/c1-4-7-11(2)16(21)19(3)10-14-17-13-9-6-5-8-12(13)15(20)18-14/h5-9H,4,10H2,1-3H3,(H,17,18,20)/b11-7-. The van der Waals surface area contributed by atoms with Crippen LogP contribution in [0.15, 0.2) is 40.7 Å². The van der Waals surface area contributed by atoms with Gasteiger partial charge in [-0.1, -0.05) is 25.1 Å². The minimum absolute atomic E-state index is 0.0624. The van der Waals surface area contributed by atoms with Gasteiger partial charge in [0.1, 0.15) is 5.82 Å². The number of carbonyl (C=O) groups excluding carboxylic acids is 1. The summed E-state index contributed by atoms with van der Waals surface area (Å²) in [5.74, 6) is 0.423. The van der Waals surface area contributed by atoms with Crippen molar-refractivity contribution in [3.63, 3.8) is 0 Å². The lowest BCUT2D eigenvalue weighted by Crippen LogP contribution is -2.28. The van der Waals surface area contributed by atoms with E-state index in [0.29, 0.717) is 22.3 Å². The Balaban J connectivity index is 2.26. The van der Waals surface area contributed by atoms with Gasteiger partial charge in [-0.15, -0.1) is 0 Å². The molecule has 2 aromatic rings. The Labute approximate surface area is 123 Å². The van der Waals surface area contributed by atoms with Crippen molar-refractivity contribution in [2.45, 2.75) is 26.8 Å². The topological polar surface area (TPSA) is 66.1 Å². The number of allylic oxidation sites excluding steroid dienone is 1. The van der Waals surface area contributed by atoms with Crippen LogP contribution in [0.4, 0.5) is 0 Å². The molecular weight excluding hydrogens is 266 g/mol. The highest BCUT2D eigenvalue weighted by atomic mass is 16.2. The van der Waals surface area contributed by atoms with Crippen LogP contribution in [-0.2, 0) is 11.3 Å². The summed E-state index contributed by atoms with van der Waals surface area (Å²) < 4.78 is 0. The number of rotatable bonds is 4. The maximum Gasteiger partial charge on any atom is 0.258 e. The molecule has 110 valence electrons. The largest absolute Gasteiger partial charge is 0.335 e. The molecule has 1 aromatic heterocycles. The summed E-state index contributed by atoms with van der Waals surface area (Å²) >= 11 is 0. The molecule has 0 unspecified atom stereocenters. The average Bonchev–Trinajstić information content (AvgIpc) is 2.46. The molecule has 21 heavy (non-hydrogen) atoms. The molecular formula is C16H19N3O2. The molecule has 0 spiro atoms. The second-order valence-corrected chi connectivity index (χ2v) is 4.99. The number of para-hydroxylation sites is 1.